The lowest BCUT2D eigenvalue weighted by Gasteiger charge is -2.18. The Bertz CT molecular complexity index is 1260. The van der Waals surface area contributed by atoms with Crippen LogP contribution in [0.2, 0.25) is 5.02 Å². The Labute approximate surface area is 189 Å². The molecule has 2 aliphatic heterocycles. The predicted octanol–water partition coefficient (Wildman–Crippen LogP) is 5.10. The van der Waals surface area contributed by atoms with Crippen molar-refractivity contribution in [2.75, 3.05) is 23.3 Å². The molecule has 0 saturated carbocycles. The number of halogens is 2. The van der Waals surface area contributed by atoms with Crippen molar-refractivity contribution in [3.8, 4) is 11.1 Å². The lowest BCUT2D eigenvalue weighted by molar-refractivity contribution is -0.110. The van der Waals surface area contributed by atoms with Gasteiger partial charge in [-0.3, -0.25) is 4.79 Å². The number of fused-ring (bicyclic) bond motifs is 1. The van der Waals surface area contributed by atoms with Crippen LogP contribution in [0.5, 0.6) is 0 Å². The summed E-state index contributed by atoms with van der Waals surface area (Å²) in [5.74, 6) is -1.55. The van der Waals surface area contributed by atoms with Crippen molar-refractivity contribution in [2.45, 2.75) is 12.5 Å². The molecule has 5 nitrogen and oxygen atoms in total. The van der Waals surface area contributed by atoms with Crippen molar-refractivity contribution >= 4 is 40.2 Å². The fourth-order valence-electron chi connectivity index (χ4n) is 4.26. The van der Waals surface area contributed by atoms with Gasteiger partial charge in [0, 0.05) is 29.9 Å². The van der Waals surface area contributed by atoms with Crippen LogP contribution in [0.15, 0.2) is 60.7 Å². The summed E-state index contributed by atoms with van der Waals surface area (Å²) in [5, 5.41) is 23.7. The maximum atomic E-state index is 14.2. The maximum Gasteiger partial charge on any atom is 0.260 e. The molecule has 0 spiro atoms. The zero-order valence-corrected chi connectivity index (χ0v) is 17.7. The Hall–Kier alpha value is -3.35. The first-order valence-electron chi connectivity index (χ1n) is 10.3. The molecule has 0 radical (unpaired) electrons. The summed E-state index contributed by atoms with van der Waals surface area (Å²) in [7, 11) is 0. The summed E-state index contributed by atoms with van der Waals surface area (Å²) in [6, 6.07) is 16.9. The Balaban J connectivity index is 1.56. The first-order chi connectivity index (χ1) is 15.4. The molecule has 5 rings (SSSR count). The van der Waals surface area contributed by atoms with E-state index in [0.717, 1.165) is 24.2 Å². The molecule has 162 valence electrons. The smallest absolute Gasteiger partial charge is 0.260 e. The van der Waals surface area contributed by atoms with E-state index in [9.17, 15) is 19.4 Å². The van der Waals surface area contributed by atoms with Gasteiger partial charge in [-0.05, 0) is 48.4 Å². The molecule has 3 N–H and O–H groups in total. The van der Waals surface area contributed by atoms with Gasteiger partial charge >= 0.3 is 0 Å². The fraction of sp³-hybridized carbons (Fsp3) is 0.160. The van der Waals surface area contributed by atoms with Crippen LogP contribution in [0, 0.1) is 5.82 Å². The molecule has 32 heavy (non-hydrogen) atoms. The number of hydrogen-bond acceptors (Lipinski definition) is 4. The van der Waals surface area contributed by atoms with Gasteiger partial charge in [-0.2, -0.15) is 0 Å². The number of anilines is 2. The zero-order valence-electron chi connectivity index (χ0n) is 17.0. The van der Waals surface area contributed by atoms with E-state index in [0.29, 0.717) is 28.4 Å². The molecule has 0 aliphatic carbocycles. The maximum absolute atomic E-state index is 14.2. The number of aliphatic hydroxyl groups excluding tert-OH is 2. The number of carbonyl (C=O) groups is 1. The molecule has 3 aromatic carbocycles. The van der Waals surface area contributed by atoms with Gasteiger partial charge in [-0.15, -0.1) is 0 Å². The zero-order chi connectivity index (χ0) is 22.4. The molecule has 0 bridgehead atoms. The second-order valence-corrected chi connectivity index (χ2v) is 8.38. The van der Waals surface area contributed by atoms with Crippen LogP contribution in [-0.2, 0) is 4.79 Å². The van der Waals surface area contributed by atoms with E-state index in [2.05, 4.69) is 10.2 Å². The summed E-state index contributed by atoms with van der Waals surface area (Å²) in [5.41, 5.74) is 3.42. The van der Waals surface area contributed by atoms with Crippen molar-refractivity contribution in [3.63, 3.8) is 0 Å². The van der Waals surface area contributed by atoms with Crippen LogP contribution in [0.1, 0.15) is 17.5 Å². The first-order valence-corrected chi connectivity index (χ1v) is 10.7. The molecule has 2 heterocycles. The van der Waals surface area contributed by atoms with E-state index in [4.69, 9.17) is 11.6 Å². The molecule has 3 aromatic rings. The average Bonchev–Trinajstić information content (AvgIpc) is 3.35. The second kappa shape index (κ2) is 7.97. The standard InChI is InChI=1S/C25H20ClFN2O3/c26-20-12-22-19(23(25(32)28-22)24(31)17-3-1-2-4-21(17)27)11-18(20)14-5-7-15(8-6-14)29-10-9-16(30)13-29/h1-8,11-12,16,30-31H,9-10,13H2,(H,28,32)/t16-/m0/s1. The Kier molecular flexibility index (Phi) is 5.12. The highest BCUT2D eigenvalue weighted by Gasteiger charge is 2.30. The van der Waals surface area contributed by atoms with Gasteiger partial charge in [0.15, 0.2) is 0 Å². The minimum Gasteiger partial charge on any atom is -0.506 e. The number of carbonyl (C=O) groups excluding carboxylic acids is 1. The highest BCUT2D eigenvalue weighted by molar-refractivity contribution is 6.38. The van der Waals surface area contributed by atoms with Gasteiger partial charge in [-0.1, -0.05) is 35.9 Å². The van der Waals surface area contributed by atoms with E-state index < -0.39 is 17.5 Å². The fourth-order valence-corrected chi connectivity index (χ4v) is 4.54. The molecule has 1 saturated heterocycles. The van der Waals surface area contributed by atoms with E-state index in [1.54, 1.807) is 18.2 Å². The van der Waals surface area contributed by atoms with Crippen LogP contribution in [-0.4, -0.2) is 35.3 Å². The minimum atomic E-state index is -0.615. The van der Waals surface area contributed by atoms with Crippen LogP contribution >= 0.6 is 11.6 Å². The number of nitrogens with zero attached hydrogens (tertiary/aromatic N) is 1. The van der Waals surface area contributed by atoms with Crippen LogP contribution < -0.4 is 10.2 Å². The van der Waals surface area contributed by atoms with Gasteiger partial charge in [0.05, 0.1) is 28.0 Å². The summed E-state index contributed by atoms with van der Waals surface area (Å²) < 4.78 is 14.2. The molecule has 2 aliphatic rings. The number of nitrogens with one attached hydrogen (secondary N) is 1. The summed E-state index contributed by atoms with van der Waals surface area (Å²) in [6.07, 6.45) is 0.443. The van der Waals surface area contributed by atoms with E-state index >= 15 is 0 Å². The Morgan fingerprint density at radius 1 is 1.09 bits per heavy atom. The lowest BCUT2D eigenvalue weighted by Crippen LogP contribution is -2.20. The molecular weight excluding hydrogens is 431 g/mol. The van der Waals surface area contributed by atoms with E-state index in [1.807, 2.05) is 24.3 Å². The molecular formula is C25H20ClFN2O3. The molecule has 0 aromatic heterocycles. The van der Waals surface area contributed by atoms with Crippen LogP contribution in [0.3, 0.4) is 0 Å². The van der Waals surface area contributed by atoms with Gasteiger partial charge in [0.1, 0.15) is 11.6 Å². The number of benzene rings is 3. The van der Waals surface area contributed by atoms with E-state index in [1.165, 1.54) is 18.2 Å². The SMILES string of the molecule is O=C1Nc2cc(Cl)c(-c3ccc(N4CC[C@H](O)C4)cc3)cc2C1=C(O)c1ccccc1F. The predicted molar refractivity (Wildman–Crippen MR) is 124 cm³/mol. The summed E-state index contributed by atoms with van der Waals surface area (Å²) in [6.45, 7) is 1.41. The molecule has 1 fully saturated rings. The number of β-amino-alcohol motifs (C(OH)–C–C–N with tert-alkyl or cyclic N) is 1. The van der Waals surface area contributed by atoms with Crippen LogP contribution in [0.25, 0.3) is 22.5 Å². The monoisotopic (exact) mass is 450 g/mol. The van der Waals surface area contributed by atoms with Crippen molar-refractivity contribution in [1.29, 1.82) is 0 Å². The van der Waals surface area contributed by atoms with Crippen molar-refractivity contribution in [2.24, 2.45) is 0 Å². The first kappa shape index (κ1) is 20.5. The third-order valence-corrected chi connectivity index (χ3v) is 6.24. The van der Waals surface area contributed by atoms with Crippen molar-refractivity contribution in [3.05, 3.63) is 82.6 Å². The topological polar surface area (TPSA) is 72.8 Å². The van der Waals surface area contributed by atoms with Crippen LogP contribution in [0.4, 0.5) is 15.8 Å². The Morgan fingerprint density at radius 2 is 1.84 bits per heavy atom. The highest BCUT2D eigenvalue weighted by atomic mass is 35.5. The second-order valence-electron chi connectivity index (χ2n) is 7.97. The van der Waals surface area contributed by atoms with Crippen molar-refractivity contribution in [1.82, 2.24) is 0 Å². The quantitative estimate of drug-likeness (QED) is 0.383. The number of rotatable bonds is 3. The molecule has 7 heteroatoms. The number of aliphatic hydroxyl groups is 2. The summed E-state index contributed by atoms with van der Waals surface area (Å²) in [4.78, 5) is 14.7. The van der Waals surface area contributed by atoms with Crippen molar-refractivity contribution < 1.29 is 19.4 Å². The molecule has 1 atom stereocenters. The molecule has 1 amide bonds. The summed E-state index contributed by atoms with van der Waals surface area (Å²) >= 11 is 6.51. The lowest BCUT2D eigenvalue weighted by atomic mass is 9.97. The molecule has 0 unspecified atom stereocenters. The van der Waals surface area contributed by atoms with Gasteiger partial charge in [0.25, 0.3) is 5.91 Å². The largest absolute Gasteiger partial charge is 0.506 e. The van der Waals surface area contributed by atoms with Gasteiger partial charge in [-0.25, -0.2) is 4.39 Å². The average molecular weight is 451 g/mol. The van der Waals surface area contributed by atoms with E-state index in [-0.39, 0.29) is 17.2 Å². The highest BCUT2D eigenvalue weighted by Crippen LogP contribution is 2.42. The third-order valence-electron chi connectivity index (χ3n) is 5.92. The van der Waals surface area contributed by atoms with Gasteiger partial charge < -0.3 is 20.4 Å². The van der Waals surface area contributed by atoms with Gasteiger partial charge in [0.2, 0.25) is 0 Å². The third kappa shape index (κ3) is 3.51. The number of amides is 1. The number of hydrogen-bond donors (Lipinski definition) is 3. The minimum absolute atomic E-state index is 0.00527. The Morgan fingerprint density at radius 3 is 2.53 bits per heavy atom. The normalized spacial score (nSPS) is 19.2.